The monoisotopic (exact) mass is 521 g/mol. The molecule has 1 heterocycles. The molecule has 0 saturated heterocycles. The molecule has 0 saturated carbocycles. The van der Waals surface area contributed by atoms with Crippen LogP contribution in [0.1, 0.15) is 36.5 Å². The minimum atomic E-state index is -0.301. The van der Waals surface area contributed by atoms with Gasteiger partial charge in [-0.3, -0.25) is 4.79 Å². The minimum absolute atomic E-state index is 0.0402. The third-order valence-electron chi connectivity index (χ3n) is 6.12. The summed E-state index contributed by atoms with van der Waals surface area (Å²) in [6.45, 7) is 9.09. The normalized spacial score (nSPS) is 10.8. The number of carbonyl (C=O) groups is 2. The second-order valence-corrected chi connectivity index (χ2v) is 9.84. The lowest BCUT2D eigenvalue weighted by Crippen LogP contribution is -2.46. The number of rotatable bonds is 12. The minimum Gasteiger partial charge on any atom is -0.493 e. The first kappa shape index (κ1) is 28.6. The van der Waals surface area contributed by atoms with E-state index >= 15 is 0 Å². The number of hydrogen-bond acceptors (Lipinski definition) is 5. The summed E-state index contributed by atoms with van der Waals surface area (Å²) in [6.07, 6.45) is 0.603. The lowest BCUT2D eigenvalue weighted by Gasteiger charge is -2.28. The van der Waals surface area contributed by atoms with Crippen molar-refractivity contribution in [2.75, 3.05) is 39.2 Å². The van der Waals surface area contributed by atoms with Crippen molar-refractivity contribution < 1.29 is 23.5 Å². The highest BCUT2D eigenvalue weighted by Crippen LogP contribution is 2.28. The second kappa shape index (κ2) is 13.6. The van der Waals surface area contributed by atoms with Crippen LogP contribution in [0.25, 0.3) is 0 Å². The Balaban J connectivity index is 1.76. The van der Waals surface area contributed by atoms with E-state index in [0.29, 0.717) is 49.0 Å². The molecule has 0 unspecified atom stereocenters. The zero-order chi connectivity index (χ0) is 27.7. The highest BCUT2D eigenvalue weighted by Gasteiger charge is 2.23. The smallest absolute Gasteiger partial charge is 0.322 e. The standard InChI is InChI=1S/C30H39N3O5/c1-21(2)18-33(30(35)31-25-11-7-22(3)8-12-25)20-29(34)32(19-26-13-9-23(4)38-26)16-15-24-10-14-27(36-5)28(17-24)37-6/h7-14,17,21H,15-16,18-20H2,1-6H3,(H,31,35). The highest BCUT2D eigenvalue weighted by molar-refractivity contribution is 5.92. The van der Waals surface area contributed by atoms with E-state index in [1.807, 2.05) is 82.3 Å². The van der Waals surface area contributed by atoms with Crippen LogP contribution in [0.4, 0.5) is 10.5 Å². The van der Waals surface area contributed by atoms with Crippen molar-refractivity contribution in [1.29, 1.82) is 0 Å². The van der Waals surface area contributed by atoms with Gasteiger partial charge in [-0.15, -0.1) is 0 Å². The molecule has 204 valence electrons. The predicted octanol–water partition coefficient (Wildman–Crippen LogP) is 5.68. The SMILES string of the molecule is COc1ccc(CCN(Cc2ccc(C)o2)C(=O)CN(CC(C)C)C(=O)Nc2ccc(C)cc2)cc1OC. The number of nitrogens with one attached hydrogen (secondary N) is 1. The maximum absolute atomic E-state index is 13.6. The third-order valence-corrected chi connectivity index (χ3v) is 6.12. The van der Waals surface area contributed by atoms with Gasteiger partial charge in [-0.25, -0.2) is 4.79 Å². The van der Waals surface area contributed by atoms with E-state index in [2.05, 4.69) is 5.32 Å². The number of furan rings is 1. The molecule has 1 N–H and O–H groups in total. The van der Waals surface area contributed by atoms with Gasteiger partial charge >= 0.3 is 6.03 Å². The number of anilines is 1. The molecule has 0 aliphatic heterocycles. The summed E-state index contributed by atoms with van der Waals surface area (Å²) in [5.41, 5.74) is 2.81. The van der Waals surface area contributed by atoms with Crippen molar-refractivity contribution in [3.05, 3.63) is 77.2 Å². The van der Waals surface area contributed by atoms with Crippen molar-refractivity contribution in [2.45, 2.75) is 40.7 Å². The van der Waals surface area contributed by atoms with Crippen molar-refractivity contribution in [3.8, 4) is 11.5 Å². The van der Waals surface area contributed by atoms with E-state index in [1.54, 1.807) is 24.0 Å². The fraction of sp³-hybridized carbons (Fsp3) is 0.400. The van der Waals surface area contributed by atoms with Crippen molar-refractivity contribution >= 4 is 17.6 Å². The third kappa shape index (κ3) is 8.30. The summed E-state index contributed by atoms with van der Waals surface area (Å²) in [6, 6.07) is 16.8. The van der Waals surface area contributed by atoms with Gasteiger partial charge in [0.15, 0.2) is 11.5 Å². The Morgan fingerprint density at radius 1 is 0.921 bits per heavy atom. The number of hydrogen-bond donors (Lipinski definition) is 1. The van der Waals surface area contributed by atoms with Crippen LogP contribution in [-0.2, 0) is 17.8 Å². The molecular weight excluding hydrogens is 482 g/mol. The van der Waals surface area contributed by atoms with Gasteiger partial charge in [0.2, 0.25) is 5.91 Å². The fourth-order valence-corrected chi connectivity index (χ4v) is 4.11. The van der Waals surface area contributed by atoms with E-state index in [4.69, 9.17) is 13.9 Å². The van der Waals surface area contributed by atoms with Gasteiger partial charge < -0.3 is 29.0 Å². The van der Waals surface area contributed by atoms with Crippen LogP contribution in [0, 0.1) is 19.8 Å². The number of benzene rings is 2. The topological polar surface area (TPSA) is 84.2 Å². The first-order valence-corrected chi connectivity index (χ1v) is 12.8. The van der Waals surface area contributed by atoms with Crippen LogP contribution >= 0.6 is 0 Å². The first-order valence-electron chi connectivity index (χ1n) is 12.8. The lowest BCUT2D eigenvalue weighted by atomic mass is 10.1. The van der Waals surface area contributed by atoms with Crippen molar-refractivity contribution in [3.63, 3.8) is 0 Å². The Kier molecular flexibility index (Phi) is 10.2. The van der Waals surface area contributed by atoms with E-state index < -0.39 is 0 Å². The molecule has 0 spiro atoms. The Labute approximate surface area is 225 Å². The molecule has 8 heteroatoms. The van der Waals surface area contributed by atoms with Crippen LogP contribution in [-0.4, -0.2) is 55.6 Å². The summed E-state index contributed by atoms with van der Waals surface area (Å²) in [4.78, 5) is 30.1. The summed E-state index contributed by atoms with van der Waals surface area (Å²) >= 11 is 0. The van der Waals surface area contributed by atoms with E-state index in [9.17, 15) is 9.59 Å². The van der Waals surface area contributed by atoms with Crippen LogP contribution < -0.4 is 14.8 Å². The molecule has 38 heavy (non-hydrogen) atoms. The number of aryl methyl sites for hydroxylation is 2. The van der Waals surface area contributed by atoms with Gasteiger partial charge in [0.1, 0.15) is 18.1 Å². The summed E-state index contributed by atoms with van der Waals surface area (Å²) in [5, 5.41) is 2.93. The van der Waals surface area contributed by atoms with Gasteiger partial charge in [-0.1, -0.05) is 37.6 Å². The molecule has 0 atom stereocenters. The molecule has 2 aromatic carbocycles. The first-order chi connectivity index (χ1) is 18.2. The molecule has 0 radical (unpaired) electrons. The van der Waals surface area contributed by atoms with E-state index in [-0.39, 0.29) is 24.4 Å². The zero-order valence-corrected chi connectivity index (χ0v) is 23.2. The van der Waals surface area contributed by atoms with Crippen molar-refractivity contribution in [2.24, 2.45) is 5.92 Å². The van der Waals surface area contributed by atoms with E-state index in [1.165, 1.54) is 0 Å². The number of carbonyl (C=O) groups excluding carboxylic acids is 2. The molecule has 3 amide bonds. The average molecular weight is 522 g/mol. The number of ether oxygens (including phenoxy) is 2. The van der Waals surface area contributed by atoms with Crippen LogP contribution in [0.3, 0.4) is 0 Å². The van der Waals surface area contributed by atoms with E-state index in [0.717, 1.165) is 16.9 Å². The van der Waals surface area contributed by atoms with Gasteiger partial charge in [-0.2, -0.15) is 0 Å². The van der Waals surface area contributed by atoms with Gasteiger partial charge in [0.05, 0.1) is 20.8 Å². The van der Waals surface area contributed by atoms with Gasteiger partial charge in [0, 0.05) is 18.8 Å². The Morgan fingerprint density at radius 3 is 2.24 bits per heavy atom. The van der Waals surface area contributed by atoms with Crippen LogP contribution in [0.5, 0.6) is 11.5 Å². The lowest BCUT2D eigenvalue weighted by molar-refractivity contribution is -0.132. The summed E-state index contributed by atoms with van der Waals surface area (Å²) < 4.78 is 16.5. The molecule has 8 nitrogen and oxygen atoms in total. The number of methoxy groups -OCH3 is 2. The summed E-state index contributed by atoms with van der Waals surface area (Å²) in [5.74, 6) is 2.81. The number of nitrogens with zero attached hydrogens (tertiary/aromatic N) is 2. The van der Waals surface area contributed by atoms with Crippen LogP contribution in [0.2, 0.25) is 0 Å². The van der Waals surface area contributed by atoms with Gasteiger partial charge in [0.25, 0.3) is 0 Å². The highest BCUT2D eigenvalue weighted by atomic mass is 16.5. The molecule has 1 aromatic heterocycles. The molecule has 3 aromatic rings. The molecule has 0 aliphatic carbocycles. The maximum atomic E-state index is 13.6. The fourth-order valence-electron chi connectivity index (χ4n) is 4.11. The molecular formula is C30H39N3O5. The quantitative estimate of drug-likeness (QED) is 0.332. The number of amides is 3. The Morgan fingerprint density at radius 2 is 1.63 bits per heavy atom. The molecule has 0 aliphatic rings. The average Bonchev–Trinajstić information content (AvgIpc) is 3.31. The van der Waals surface area contributed by atoms with Gasteiger partial charge in [-0.05, 0) is 68.1 Å². The molecule has 3 rings (SSSR count). The Hall–Kier alpha value is -3.94. The zero-order valence-electron chi connectivity index (χ0n) is 23.2. The Bertz CT molecular complexity index is 1200. The second-order valence-electron chi connectivity index (χ2n) is 9.84. The maximum Gasteiger partial charge on any atom is 0.322 e. The van der Waals surface area contributed by atoms with Crippen molar-refractivity contribution in [1.82, 2.24) is 9.80 Å². The molecule has 0 fully saturated rings. The predicted molar refractivity (Wildman–Crippen MR) is 149 cm³/mol. The summed E-state index contributed by atoms with van der Waals surface area (Å²) in [7, 11) is 3.20. The number of urea groups is 1. The molecule has 0 bridgehead atoms. The largest absolute Gasteiger partial charge is 0.493 e. The van der Waals surface area contributed by atoms with Crippen LogP contribution in [0.15, 0.2) is 59.0 Å².